The number of nitrogens with two attached hydrogens (primary N) is 1. The minimum Gasteiger partial charge on any atom is -0.485 e. The third-order valence-corrected chi connectivity index (χ3v) is 3.62. The van der Waals surface area contributed by atoms with E-state index in [4.69, 9.17) is 10.5 Å². The van der Waals surface area contributed by atoms with Crippen LogP contribution in [0.3, 0.4) is 0 Å². The molecular weight excluding hydrogens is 241 g/mol. The first-order chi connectivity index (χ1) is 9.15. The highest BCUT2D eigenvalue weighted by Crippen LogP contribution is 2.39. The maximum Gasteiger partial charge on any atom is 0.126 e. The molecule has 0 amide bonds. The fraction of sp³-hybridized carbons (Fsp3) is 0.250. The van der Waals surface area contributed by atoms with Gasteiger partial charge in [-0.2, -0.15) is 0 Å². The van der Waals surface area contributed by atoms with Gasteiger partial charge in [0.15, 0.2) is 0 Å². The molecule has 19 heavy (non-hydrogen) atoms. The summed E-state index contributed by atoms with van der Waals surface area (Å²) >= 11 is 0. The summed E-state index contributed by atoms with van der Waals surface area (Å²) in [5.74, 6) is 0.598. The first kappa shape index (κ1) is 12.2. The van der Waals surface area contributed by atoms with Crippen molar-refractivity contribution in [1.82, 2.24) is 0 Å². The van der Waals surface area contributed by atoms with Crippen molar-refractivity contribution in [2.45, 2.75) is 25.5 Å². The lowest BCUT2D eigenvalue weighted by molar-refractivity contribution is 0.161. The molecule has 1 aliphatic rings. The minimum atomic E-state index is -0.200. The molecule has 0 aliphatic carbocycles. The summed E-state index contributed by atoms with van der Waals surface area (Å²) in [7, 11) is 0. The first-order valence-corrected chi connectivity index (χ1v) is 6.42. The minimum absolute atomic E-state index is 0.0701. The van der Waals surface area contributed by atoms with E-state index in [0.717, 1.165) is 16.9 Å². The van der Waals surface area contributed by atoms with Gasteiger partial charge >= 0.3 is 0 Å². The van der Waals surface area contributed by atoms with Gasteiger partial charge < -0.3 is 10.5 Å². The Kier molecular flexibility index (Phi) is 2.99. The van der Waals surface area contributed by atoms with Crippen molar-refractivity contribution in [2.75, 3.05) is 0 Å². The molecule has 0 fully saturated rings. The maximum absolute atomic E-state index is 13.6. The number of hydrogen-bond donors (Lipinski definition) is 1. The second-order valence-corrected chi connectivity index (χ2v) is 5.00. The zero-order chi connectivity index (χ0) is 13.4. The second kappa shape index (κ2) is 4.67. The van der Waals surface area contributed by atoms with Crippen LogP contribution in [0.5, 0.6) is 5.75 Å². The highest BCUT2D eigenvalue weighted by atomic mass is 19.1. The molecule has 0 saturated carbocycles. The predicted octanol–water partition coefficient (Wildman–Crippen LogP) is 3.66. The van der Waals surface area contributed by atoms with E-state index >= 15 is 0 Å². The molecule has 0 bridgehead atoms. The molecule has 0 spiro atoms. The van der Waals surface area contributed by atoms with Crippen molar-refractivity contribution in [3.63, 3.8) is 0 Å². The average Bonchev–Trinajstić information content (AvgIpc) is 2.42. The number of halogens is 1. The molecule has 98 valence electrons. The Balaban J connectivity index is 1.94. The quantitative estimate of drug-likeness (QED) is 0.846. The molecule has 2 atom stereocenters. The van der Waals surface area contributed by atoms with Crippen LogP contribution in [0.2, 0.25) is 0 Å². The molecule has 1 heterocycles. The highest BCUT2D eigenvalue weighted by Gasteiger charge is 2.26. The van der Waals surface area contributed by atoms with Crippen molar-refractivity contribution in [3.05, 3.63) is 65.0 Å². The van der Waals surface area contributed by atoms with Crippen LogP contribution in [-0.2, 0) is 0 Å². The SMILES string of the molecule is Cc1ccc(C2CC(N)c3ccccc3O2)cc1F. The Morgan fingerprint density at radius 3 is 2.79 bits per heavy atom. The maximum atomic E-state index is 13.6. The molecule has 2 aromatic rings. The fourth-order valence-corrected chi connectivity index (χ4v) is 2.47. The van der Waals surface area contributed by atoms with Crippen LogP contribution in [0.4, 0.5) is 4.39 Å². The van der Waals surface area contributed by atoms with Crippen LogP contribution < -0.4 is 10.5 Å². The van der Waals surface area contributed by atoms with Crippen LogP contribution in [-0.4, -0.2) is 0 Å². The summed E-state index contributed by atoms with van der Waals surface area (Å²) in [6, 6.07) is 12.9. The van der Waals surface area contributed by atoms with Crippen LogP contribution in [0.1, 0.15) is 35.3 Å². The molecule has 2 unspecified atom stereocenters. The van der Waals surface area contributed by atoms with Gasteiger partial charge in [0.25, 0.3) is 0 Å². The van der Waals surface area contributed by atoms with Gasteiger partial charge in [0.2, 0.25) is 0 Å². The first-order valence-electron chi connectivity index (χ1n) is 6.42. The van der Waals surface area contributed by atoms with Crippen molar-refractivity contribution in [3.8, 4) is 5.75 Å². The van der Waals surface area contributed by atoms with E-state index in [1.165, 1.54) is 0 Å². The van der Waals surface area contributed by atoms with E-state index < -0.39 is 0 Å². The largest absolute Gasteiger partial charge is 0.485 e. The normalized spacial score (nSPS) is 21.6. The summed E-state index contributed by atoms with van der Waals surface area (Å²) in [5, 5.41) is 0. The molecule has 3 rings (SSSR count). The van der Waals surface area contributed by atoms with E-state index in [0.29, 0.717) is 12.0 Å². The fourth-order valence-electron chi connectivity index (χ4n) is 2.47. The van der Waals surface area contributed by atoms with Crippen LogP contribution >= 0.6 is 0 Å². The summed E-state index contributed by atoms with van der Waals surface area (Å²) < 4.78 is 19.6. The van der Waals surface area contributed by atoms with E-state index in [1.54, 1.807) is 19.1 Å². The van der Waals surface area contributed by atoms with Gasteiger partial charge in [-0.25, -0.2) is 4.39 Å². The zero-order valence-electron chi connectivity index (χ0n) is 10.8. The molecule has 0 aromatic heterocycles. The third kappa shape index (κ3) is 2.22. The molecule has 0 radical (unpaired) electrons. The summed E-state index contributed by atoms with van der Waals surface area (Å²) in [5.41, 5.74) is 8.67. The van der Waals surface area contributed by atoms with Gasteiger partial charge in [-0.3, -0.25) is 0 Å². The van der Waals surface area contributed by atoms with Crippen molar-refractivity contribution in [2.24, 2.45) is 5.73 Å². The van der Waals surface area contributed by atoms with Crippen LogP contribution in [0.15, 0.2) is 42.5 Å². The topological polar surface area (TPSA) is 35.2 Å². The van der Waals surface area contributed by atoms with Gasteiger partial charge in [0.1, 0.15) is 17.7 Å². The number of rotatable bonds is 1. The lowest BCUT2D eigenvalue weighted by atomic mass is 9.93. The average molecular weight is 257 g/mol. The zero-order valence-corrected chi connectivity index (χ0v) is 10.8. The molecule has 2 nitrogen and oxygen atoms in total. The highest BCUT2D eigenvalue weighted by molar-refractivity contribution is 5.39. The Morgan fingerprint density at radius 1 is 1.21 bits per heavy atom. The van der Waals surface area contributed by atoms with Gasteiger partial charge in [-0.15, -0.1) is 0 Å². The Morgan fingerprint density at radius 2 is 2.00 bits per heavy atom. The molecule has 0 saturated heterocycles. The van der Waals surface area contributed by atoms with E-state index in [2.05, 4.69) is 0 Å². The molecule has 1 aliphatic heterocycles. The summed E-state index contributed by atoms with van der Waals surface area (Å²) in [4.78, 5) is 0. The number of para-hydroxylation sites is 1. The smallest absolute Gasteiger partial charge is 0.126 e. The van der Waals surface area contributed by atoms with Crippen molar-refractivity contribution >= 4 is 0 Å². The monoisotopic (exact) mass is 257 g/mol. The van der Waals surface area contributed by atoms with Crippen LogP contribution in [0, 0.1) is 12.7 Å². The molecule has 3 heteroatoms. The molecular formula is C16H16FNO. The van der Waals surface area contributed by atoms with Gasteiger partial charge in [-0.1, -0.05) is 30.3 Å². The standard InChI is InChI=1S/C16H16FNO/c1-10-6-7-11(8-13(10)17)16-9-14(18)12-4-2-3-5-15(12)19-16/h2-8,14,16H,9,18H2,1H3. The Hall–Kier alpha value is -1.87. The van der Waals surface area contributed by atoms with Gasteiger partial charge in [-0.05, 0) is 30.2 Å². The molecule has 2 aromatic carbocycles. The van der Waals surface area contributed by atoms with Crippen LogP contribution in [0.25, 0.3) is 0 Å². The number of aryl methyl sites for hydroxylation is 1. The number of fused-ring (bicyclic) bond motifs is 1. The summed E-state index contributed by atoms with van der Waals surface area (Å²) in [6.45, 7) is 1.75. The van der Waals surface area contributed by atoms with Crippen molar-refractivity contribution < 1.29 is 9.13 Å². The Labute approximate surface area is 112 Å². The molecule has 2 N–H and O–H groups in total. The lowest BCUT2D eigenvalue weighted by Gasteiger charge is -2.30. The van der Waals surface area contributed by atoms with E-state index in [-0.39, 0.29) is 18.0 Å². The number of ether oxygens (including phenoxy) is 1. The Bertz CT molecular complexity index is 611. The lowest BCUT2D eigenvalue weighted by Crippen LogP contribution is -2.24. The van der Waals surface area contributed by atoms with Gasteiger partial charge in [0, 0.05) is 18.0 Å². The van der Waals surface area contributed by atoms with Crippen molar-refractivity contribution in [1.29, 1.82) is 0 Å². The van der Waals surface area contributed by atoms with Gasteiger partial charge in [0.05, 0.1) is 0 Å². The van der Waals surface area contributed by atoms with E-state index in [9.17, 15) is 4.39 Å². The second-order valence-electron chi connectivity index (χ2n) is 5.00. The predicted molar refractivity (Wildman–Crippen MR) is 72.5 cm³/mol. The number of hydrogen-bond acceptors (Lipinski definition) is 2. The summed E-state index contributed by atoms with van der Waals surface area (Å²) in [6.07, 6.45) is 0.486. The van der Waals surface area contributed by atoms with E-state index in [1.807, 2.05) is 30.3 Å². The number of benzene rings is 2. The third-order valence-electron chi connectivity index (χ3n) is 3.62.